The number of hydrogen-bond donors (Lipinski definition) is 1. The van der Waals surface area contributed by atoms with Gasteiger partial charge in [-0.05, 0) is 25.8 Å². The van der Waals surface area contributed by atoms with Crippen LogP contribution in [-0.4, -0.2) is 104 Å². The Kier molecular flexibility index (Phi) is 45.5. The van der Waals surface area contributed by atoms with E-state index in [1.165, 1.54) is 155 Å². The fraction of sp³-hybridized carbons (Fsp3) is 1.00. The molecule has 0 saturated carbocycles. The normalized spacial score (nSPS) is 12.4. The standard InChI is InChI=1S/C42H88N2O7/c1-5-7-9-11-13-15-17-19-21-23-25-27-34-48-41-42(49-36-28-26-24-22-20-18-16-14-12-10-8-6-2)40-43-30-29-35-47-37-31-44(32-38-50-45-3)33-39-51-46-4/h42-43H,5-41H2,1-4H3. The van der Waals surface area contributed by atoms with Crippen LogP contribution in [0.25, 0.3) is 0 Å². The second-order valence-electron chi connectivity index (χ2n) is 14.3. The van der Waals surface area contributed by atoms with Gasteiger partial charge >= 0.3 is 0 Å². The monoisotopic (exact) mass is 733 g/mol. The molecule has 9 heteroatoms. The average Bonchev–Trinajstić information content (AvgIpc) is 3.14. The summed E-state index contributed by atoms with van der Waals surface area (Å²) in [4.78, 5) is 21.7. The third-order valence-electron chi connectivity index (χ3n) is 9.58. The molecule has 0 aromatic carbocycles. The minimum atomic E-state index is 0.105. The summed E-state index contributed by atoms with van der Waals surface area (Å²) in [5.41, 5.74) is 0. The summed E-state index contributed by atoms with van der Waals surface area (Å²) >= 11 is 0. The first-order valence-corrected chi connectivity index (χ1v) is 21.8. The third-order valence-corrected chi connectivity index (χ3v) is 9.58. The molecule has 0 aromatic heterocycles. The van der Waals surface area contributed by atoms with E-state index in [9.17, 15) is 0 Å². The fourth-order valence-electron chi connectivity index (χ4n) is 6.31. The fourth-order valence-corrected chi connectivity index (χ4v) is 6.31. The van der Waals surface area contributed by atoms with E-state index in [1.807, 2.05) is 0 Å². The van der Waals surface area contributed by atoms with Crippen molar-refractivity contribution in [2.45, 2.75) is 180 Å². The molecular weight excluding hydrogens is 644 g/mol. The number of nitrogens with one attached hydrogen (secondary N) is 1. The van der Waals surface area contributed by atoms with Crippen molar-refractivity contribution in [1.29, 1.82) is 0 Å². The maximum Gasteiger partial charge on any atom is 0.0949 e. The minimum Gasteiger partial charge on any atom is -0.380 e. The molecule has 0 fully saturated rings. The highest BCUT2D eigenvalue weighted by atomic mass is 17.2. The van der Waals surface area contributed by atoms with E-state index in [1.54, 1.807) is 0 Å². The van der Waals surface area contributed by atoms with Crippen molar-refractivity contribution >= 4 is 0 Å². The van der Waals surface area contributed by atoms with E-state index in [4.69, 9.17) is 33.8 Å². The average molecular weight is 733 g/mol. The molecule has 0 aliphatic carbocycles. The molecule has 0 bridgehead atoms. The molecule has 1 unspecified atom stereocenters. The molecule has 0 saturated heterocycles. The quantitative estimate of drug-likeness (QED) is 0.0374. The summed E-state index contributed by atoms with van der Waals surface area (Å²) in [6.07, 6.45) is 33.8. The van der Waals surface area contributed by atoms with Crippen LogP contribution in [0.1, 0.15) is 174 Å². The summed E-state index contributed by atoms with van der Waals surface area (Å²) in [7, 11) is 3.05. The van der Waals surface area contributed by atoms with Crippen LogP contribution in [0, 0.1) is 0 Å². The van der Waals surface area contributed by atoms with Gasteiger partial charge < -0.3 is 19.5 Å². The van der Waals surface area contributed by atoms with E-state index >= 15 is 0 Å². The Morgan fingerprint density at radius 1 is 0.431 bits per heavy atom. The van der Waals surface area contributed by atoms with Gasteiger partial charge in [-0.25, -0.2) is 19.6 Å². The van der Waals surface area contributed by atoms with Crippen LogP contribution >= 0.6 is 0 Å². The number of nitrogens with zero attached hydrogens (tertiary/aromatic N) is 1. The highest BCUT2D eigenvalue weighted by Gasteiger charge is 2.10. The van der Waals surface area contributed by atoms with Gasteiger partial charge in [0.15, 0.2) is 0 Å². The van der Waals surface area contributed by atoms with Crippen molar-refractivity contribution in [3.05, 3.63) is 0 Å². The SMILES string of the molecule is CCCCCCCCCCCCCCOCC(CNCCCOCCN(CCOOC)CCOOC)OCCCCCCCCCCCCCC. The Balaban J connectivity index is 4.14. The summed E-state index contributed by atoms with van der Waals surface area (Å²) in [5, 5.41) is 3.59. The first-order valence-electron chi connectivity index (χ1n) is 21.8. The highest BCUT2D eigenvalue weighted by molar-refractivity contribution is 4.63. The van der Waals surface area contributed by atoms with Gasteiger partial charge in [-0.15, -0.1) is 0 Å². The Bertz CT molecular complexity index is 610. The van der Waals surface area contributed by atoms with Crippen molar-refractivity contribution in [3.63, 3.8) is 0 Å². The molecule has 51 heavy (non-hydrogen) atoms. The lowest BCUT2D eigenvalue weighted by molar-refractivity contribution is -0.280. The van der Waals surface area contributed by atoms with E-state index in [0.29, 0.717) is 26.4 Å². The Labute approximate surface area is 317 Å². The van der Waals surface area contributed by atoms with Crippen LogP contribution in [-0.2, 0) is 33.8 Å². The molecule has 0 amide bonds. The first-order chi connectivity index (χ1) is 25.3. The number of rotatable bonds is 46. The number of hydrogen-bond acceptors (Lipinski definition) is 9. The molecule has 308 valence electrons. The maximum atomic E-state index is 6.34. The summed E-state index contributed by atoms with van der Waals surface area (Å²) in [6, 6.07) is 0. The summed E-state index contributed by atoms with van der Waals surface area (Å²) in [5.74, 6) is 0. The molecule has 0 radical (unpaired) electrons. The Morgan fingerprint density at radius 3 is 1.31 bits per heavy atom. The Morgan fingerprint density at radius 2 is 0.843 bits per heavy atom. The second kappa shape index (κ2) is 45.8. The lowest BCUT2D eigenvalue weighted by atomic mass is 10.1. The zero-order valence-corrected chi connectivity index (χ0v) is 34.5. The number of unbranched alkanes of at least 4 members (excludes halogenated alkanes) is 22. The van der Waals surface area contributed by atoms with Crippen molar-refractivity contribution in [3.8, 4) is 0 Å². The Hall–Kier alpha value is -0.360. The summed E-state index contributed by atoms with van der Waals surface area (Å²) < 4.78 is 18.4. The van der Waals surface area contributed by atoms with Gasteiger partial charge in [-0.1, -0.05) is 155 Å². The van der Waals surface area contributed by atoms with Crippen molar-refractivity contribution in [2.75, 3.05) is 93.2 Å². The van der Waals surface area contributed by atoms with Crippen LogP contribution in [0.3, 0.4) is 0 Å². The van der Waals surface area contributed by atoms with Crippen LogP contribution in [0.15, 0.2) is 0 Å². The molecule has 0 spiro atoms. The number of ether oxygens (including phenoxy) is 3. The largest absolute Gasteiger partial charge is 0.380 e. The first kappa shape index (κ1) is 50.6. The highest BCUT2D eigenvalue weighted by Crippen LogP contribution is 2.13. The molecule has 0 heterocycles. The molecule has 0 aromatic rings. The maximum absolute atomic E-state index is 6.34. The molecule has 1 atom stereocenters. The zero-order chi connectivity index (χ0) is 37.0. The molecule has 0 rings (SSSR count). The third kappa shape index (κ3) is 42.2. The summed E-state index contributed by atoms with van der Waals surface area (Å²) in [6.45, 7) is 13.3. The van der Waals surface area contributed by atoms with Crippen molar-refractivity contribution in [1.82, 2.24) is 10.2 Å². The lowest BCUT2D eigenvalue weighted by Crippen LogP contribution is -2.35. The van der Waals surface area contributed by atoms with E-state index in [2.05, 4.69) is 24.1 Å². The lowest BCUT2D eigenvalue weighted by Gasteiger charge is -2.21. The predicted octanol–water partition coefficient (Wildman–Crippen LogP) is 10.2. The topological polar surface area (TPSA) is 79.9 Å². The molecule has 9 nitrogen and oxygen atoms in total. The van der Waals surface area contributed by atoms with Gasteiger partial charge in [0.25, 0.3) is 0 Å². The van der Waals surface area contributed by atoms with Gasteiger partial charge in [0.2, 0.25) is 0 Å². The predicted molar refractivity (Wildman–Crippen MR) is 213 cm³/mol. The molecule has 0 aliphatic rings. The molecule has 0 aliphatic heterocycles. The molecule has 1 N–H and O–H groups in total. The second-order valence-corrected chi connectivity index (χ2v) is 14.3. The van der Waals surface area contributed by atoms with Crippen LogP contribution < -0.4 is 5.32 Å². The van der Waals surface area contributed by atoms with E-state index < -0.39 is 0 Å². The minimum absolute atomic E-state index is 0.105. The molecular formula is C42H88N2O7. The van der Waals surface area contributed by atoms with E-state index in [-0.39, 0.29) is 6.10 Å². The van der Waals surface area contributed by atoms with Crippen molar-refractivity contribution in [2.24, 2.45) is 0 Å². The van der Waals surface area contributed by atoms with Crippen LogP contribution in [0.2, 0.25) is 0 Å². The van der Waals surface area contributed by atoms with Gasteiger partial charge in [0.05, 0.1) is 46.8 Å². The van der Waals surface area contributed by atoms with Crippen LogP contribution in [0.5, 0.6) is 0 Å². The van der Waals surface area contributed by atoms with Gasteiger partial charge in [0, 0.05) is 46.0 Å². The van der Waals surface area contributed by atoms with Gasteiger partial charge in [0.1, 0.15) is 0 Å². The smallest absolute Gasteiger partial charge is 0.0949 e. The van der Waals surface area contributed by atoms with Crippen molar-refractivity contribution < 1.29 is 33.8 Å². The zero-order valence-electron chi connectivity index (χ0n) is 34.5. The van der Waals surface area contributed by atoms with Gasteiger partial charge in [-0.2, -0.15) is 0 Å². The van der Waals surface area contributed by atoms with Gasteiger partial charge in [-0.3, -0.25) is 4.90 Å². The van der Waals surface area contributed by atoms with Crippen LogP contribution in [0.4, 0.5) is 0 Å². The van der Waals surface area contributed by atoms with E-state index in [0.717, 1.165) is 71.8 Å².